The second-order valence-electron chi connectivity index (χ2n) is 6.04. The monoisotopic (exact) mass is 378 g/mol. The summed E-state index contributed by atoms with van der Waals surface area (Å²) in [5.74, 6) is 0.383. The first-order chi connectivity index (χ1) is 12.5. The van der Waals surface area contributed by atoms with Gasteiger partial charge in [-0.2, -0.15) is 0 Å². The lowest BCUT2D eigenvalue weighted by molar-refractivity contribution is -0.133. The van der Waals surface area contributed by atoms with E-state index in [-0.39, 0.29) is 25.0 Å². The third-order valence-electron chi connectivity index (χ3n) is 4.26. The molecule has 138 valence electrons. The summed E-state index contributed by atoms with van der Waals surface area (Å²) in [4.78, 5) is 43.0. The molecule has 3 heterocycles. The number of hydrogen-bond acceptors (Lipinski definition) is 5. The van der Waals surface area contributed by atoms with E-state index < -0.39 is 11.2 Å². The maximum Gasteiger partial charge on any atom is 0.328 e. The first kappa shape index (κ1) is 18.2. The van der Waals surface area contributed by atoms with Gasteiger partial charge in [0.1, 0.15) is 11.1 Å². The maximum atomic E-state index is 12.3. The summed E-state index contributed by atoms with van der Waals surface area (Å²) in [6, 6.07) is 4.73. The van der Waals surface area contributed by atoms with Crippen LogP contribution in [-0.2, 0) is 11.3 Å². The average Bonchev–Trinajstić information content (AvgIpc) is 2.63. The minimum atomic E-state index is -0.510. The number of H-pyrrole nitrogens is 1. The first-order valence-electron chi connectivity index (χ1n) is 8.37. The Morgan fingerprint density at radius 1 is 1.31 bits per heavy atom. The number of ether oxygens (including phenoxy) is 1. The zero-order valence-corrected chi connectivity index (χ0v) is 14.8. The second-order valence-corrected chi connectivity index (χ2v) is 6.45. The van der Waals surface area contributed by atoms with Gasteiger partial charge in [0.25, 0.3) is 5.56 Å². The molecule has 0 atom stereocenters. The number of nitrogens with one attached hydrogen (secondary N) is 1. The fourth-order valence-corrected chi connectivity index (χ4v) is 3.00. The van der Waals surface area contributed by atoms with Crippen molar-refractivity contribution in [1.29, 1.82) is 0 Å². The summed E-state index contributed by atoms with van der Waals surface area (Å²) in [7, 11) is 0. The van der Waals surface area contributed by atoms with Gasteiger partial charge in [-0.05, 0) is 12.1 Å². The molecule has 1 aliphatic heterocycles. The van der Waals surface area contributed by atoms with Crippen LogP contribution in [0.1, 0.15) is 19.3 Å². The van der Waals surface area contributed by atoms with Gasteiger partial charge in [0.15, 0.2) is 0 Å². The zero-order valence-electron chi connectivity index (χ0n) is 14.1. The van der Waals surface area contributed by atoms with Crippen molar-refractivity contribution >= 4 is 17.5 Å². The molecule has 0 bridgehead atoms. The Kier molecular flexibility index (Phi) is 5.72. The average molecular weight is 379 g/mol. The largest absolute Gasteiger partial charge is 0.473 e. The second kappa shape index (κ2) is 8.18. The Morgan fingerprint density at radius 2 is 2.08 bits per heavy atom. The van der Waals surface area contributed by atoms with Crippen LogP contribution in [0.4, 0.5) is 0 Å². The first-order valence-corrected chi connectivity index (χ1v) is 8.75. The van der Waals surface area contributed by atoms with Gasteiger partial charge in [0.05, 0.1) is 0 Å². The van der Waals surface area contributed by atoms with E-state index in [2.05, 4.69) is 9.97 Å². The van der Waals surface area contributed by atoms with E-state index in [1.54, 1.807) is 23.2 Å². The zero-order chi connectivity index (χ0) is 18.5. The van der Waals surface area contributed by atoms with Crippen LogP contribution >= 0.6 is 11.6 Å². The third kappa shape index (κ3) is 4.51. The van der Waals surface area contributed by atoms with Gasteiger partial charge in [0, 0.05) is 57.4 Å². The number of rotatable bonds is 5. The van der Waals surface area contributed by atoms with Crippen LogP contribution in [-0.4, -0.2) is 44.5 Å². The predicted molar refractivity (Wildman–Crippen MR) is 95.4 cm³/mol. The number of nitrogens with zero attached hydrogens (tertiary/aromatic N) is 3. The summed E-state index contributed by atoms with van der Waals surface area (Å²) < 4.78 is 7.13. The standard InChI is InChI=1S/C17H19ClN4O4/c18-13-2-1-7-19-16(13)26-12-3-8-21(9-4-12)15(24)6-11-22-10-5-14(23)20-17(22)25/h1-2,5,7,10,12H,3-4,6,8-9,11H2,(H,20,23,25). The Morgan fingerprint density at radius 3 is 2.77 bits per heavy atom. The number of hydrogen-bond donors (Lipinski definition) is 1. The van der Waals surface area contributed by atoms with E-state index in [1.807, 2.05) is 0 Å². The molecule has 1 N–H and O–H groups in total. The Hall–Kier alpha value is -2.61. The van der Waals surface area contributed by atoms with Crippen LogP contribution in [0, 0.1) is 0 Å². The number of amides is 1. The van der Waals surface area contributed by atoms with Crippen molar-refractivity contribution in [3.05, 3.63) is 56.5 Å². The highest BCUT2D eigenvalue weighted by molar-refractivity contribution is 6.31. The topological polar surface area (TPSA) is 97.3 Å². The highest BCUT2D eigenvalue weighted by atomic mass is 35.5. The van der Waals surface area contributed by atoms with Crippen LogP contribution in [0.2, 0.25) is 5.02 Å². The Labute approximate surface area is 154 Å². The van der Waals surface area contributed by atoms with Crippen molar-refractivity contribution in [2.75, 3.05) is 13.1 Å². The molecule has 2 aromatic heterocycles. The van der Waals surface area contributed by atoms with Crippen LogP contribution in [0.25, 0.3) is 0 Å². The van der Waals surface area contributed by atoms with E-state index in [9.17, 15) is 14.4 Å². The van der Waals surface area contributed by atoms with Crippen molar-refractivity contribution in [2.24, 2.45) is 0 Å². The van der Waals surface area contributed by atoms with Gasteiger partial charge in [-0.15, -0.1) is 0 Å². The Balaban J connectivity index is 1.48. The minimum absolute atomic E-state index is 0.0302. The number of piperidine rings is 1. The highest BCUT2D eigenvalue weighted by Gasteiger charge is 2.24. The lowest BCUT2D eigenvalue weighted by Crippen LogP contribution is -2.42. The molecule has 0 radical (unpaired) electrons. The van der Waals surface area contributed by atoms with Gasteiger partial charge < -0.3 is 14.2 Å². The molecule has 9 heteroatoms. The molecular weight excluding hydrogens is 360 g/mol. The normalized spacial score (nSPS) is 15.0. The molecule has 26 heavy (non-hydrogen) atoms. The lowest BCUT2D eigenvalue weighted by atomic mass is 10.1. The van der Waals surface area contributed by atoms with Crippen molar-refractivity contribution in [3.8, 4) is 5.88 Å². The summed E-state index contributed by atoms with van der Waals surface area (Å²) in [6.45, 7) is 1.39. The van der Waals surface area contributed by atoms with Crippen molar-refractivity contribution in [1.82, 2.24) is 19.4 Å². The lowest BCUT2D eigenvalue weighted by Gasteiger charge is -2.32. The fraction of sp³-hybridized carbons (Fsp3) is 0.412. The van der Waals surface area contributed by atoms with Crippen molar-refractivity contribution in [2.45, 2.75) is 31.9 Å². The summed E-state index contributed by atoms with van der Waals surface area (Å²) in [5.41, 5.74) is -0.961. The van der Waals surface area contributed by atoms with E-state index in [1.165, 1.54) is 16.8 Å². The van der Waals surface area contributed by atoms with Crippen LogP contribution in [0.5, 0.6) is 5.88 Å². The summed E-state index contributed by atoms with van der Waals surface area (Å²) in [5, 5.41) is 0.470. The summed E-state index contributed by atoms with van der Waals surface area (Å²) in [6.07, 6.45) is 4.56. The van der Waals surface area contributed by atoms with Crippen molar-refractivity contribution in [3.63, 3.8) is 0 Å². The molecule has 0 aromatic carbocycles. The SMILES string of the molecule is O=C(CCn1ccc(=O)[nH]c1=O)N1CCC(Oc2ncccc2Cl)CC1. The molecular formula is C17H19ClN4O4. The number of aromatic nitrogens is 3. The smallest absolute Gasteiger partial charge is 0.328 e. The number of pyridine rings is 1. The highest BCUT2D eigenvalue weighted by Crippen LogP contribution is 2.24. The molecule has 1 saturated heterocycles. The van der Waals surface area contributed by atoms with Gasteiger partial charge in [-0.3, -0.25) is 14.6 Å². The van der Waals surface area contributed by atoms with Gasteiger partial charge >= 0.3 is 5.69 Å². The predicted octanol–water partition coefficient (Wildman–Crippen LogP) is 1.05. The van der Waals surface area contributed by atoms with Gasteiger partial charge in [-0.1, -0.05) is 11.6 Å². The van der Waals surface area contributed by atoms with E-state index >= 15 is 0 Å². The van der Waals surface area contributed by atoms with Crippen LogP contribution < -0.4 is 16.0 Å². The Bertz CT molecular complexity index is 887. The van der Waals surface area contributed by atoms with E-state index in [0.717, 1.165) is 0 Å². The number of carbonyl (C=O) groups excluding carboxylic acids is 1. The fourth-order valence-electron chi connectivity index (χ4n) is 2.83. The van der Waals surface area contributed by atoms with Gasteiger partial charge in [-0.25, -0.2) is 9.78 Å². The number of halogens is 1. The maximum absolute atomic E-state index is 12.3. The molecule has 0 spiro atoms. The van der Waals surface area contributed by atoms with Crippen LogP contribution in [0.15, 0.2) is 40.2 Å². The number of carbonyl (C=O) groups is 1. The molecule has 2 aromatic rings. The molecule has 1 aliphatic rings. The molecule has 1 fully saturated rings. The number of aryl methyl sites for hydroxylation is 1. The number of aromatic amines is 1. The molecule has 0 aliphatic carbocycles. The quantitative estimate of drug-likeness (QED) is 0.838. The van der Waals surface area contributed by atoms with Gasteiger partial charge in [0.2, 0.25) is 11.8 Å². The molecule has 8 nitrogen and oxygen atoms in total. The van der Waals surface area contributed by atoms with E-state index in [0.29, 0.717) is 36.8 Å². The minimum Gasteiger partial charge on any atom is -0.473 e. The molecule has 0 unspecified atom stereocenters. The van der Waals surface area contributed by atoms with Crippen molar-refractivity contribution < 1.29 is 9.53 Å². The molecule has 3 rings (SSSR count). The molecule has 1 amide bonds. The van der Waals surface area contributed by atoms with E-state index in [4.69, 9.17) is 16.3 Å². The molecule has 0 saturated carbocycles. The third-order valence-corrected chi connectivity index (χ3v) is 4.55. The summed E-state index contributed by atoms with van der Waals surface area (Å²) >= 11 is 6.04. The van der Waals surface area contributed by atoms with Crippen LogP contribution in [0.3, 0.4) is 0 Å². The number of likely N-dealkylation sites (tertiary alicyclic amines) is 1.